The molecule has 11 heteroatoms. The zero-order valence-corrected chi connectivity index (χ0v) is 21.0. The van der Waals surface area contributed by atoms with Crippen LogP contribution in [0.25, 0.3) is 0 Å². The summed E-state index contributed by atoms with van der Waals surface area (Å²) in [6.45, 7) is 4.45. The molecular formula is C25H23Cl2F3N2O4. The van der Waals surface area contributed by atoms with Crippen LogP contribution in [0.15, 0.2) is 36.4 Å². The Kier molecular flexibility index (Phi) is 8.75. The Hall–Kier alpha value is -2.96. The third kappa shape index (κ3) is 6.62. The van der Waals surface area contributed by atoms with E-state index in [0.29, 0.717) is 19.0 Å². The van der Waals surface area contributed by atoms with Crippen LogP contribution in [0.1, 0.15) is 32.3 Å². The summed E-state index contributed by atoms with van der Waals surface area (Å²) in [5, 5.41) is 9.38. The van der Waals surface area contributed by atoms with Gasteiger partial charge in [0.25, 0.3) is 0 Å². The molecule has 0 radical (unpaired) electrons. The highest BCUT2D eigenvalue weighted by molar-refractivity contribution is 6.32. The molecule has 1 amide bonds. The largest absolute Gasteiger partial charge is 0.481 e. The van der Waals surface area contributed by atoms with Crippen molar-refractivity contribution in [2.75, 3.05) is 13.1 Å². The van der Waals surface area contributed by atoms with E-state index in [1.165, 1.54) is 30.0 Å². The number of nitriles is 1. The molecule has 1 heterocycles. The maximum absolute atomic E-state index is 12.9. The van der Waals surface area contributed by atoms with Crippen molar-refractivity contribution in [3.8, 4) is 23.3 Å². The van der Waals surface area contributed by atoms with E-state index in [1.54, 1.807) is 6.07 Å². The van der Waals surface area contributed by atoms with Gasteiger partial charge in [-0.2, -0.15) is 18.4 Å². The van der Waals surface area contributed by atoms with Crippen LogP contribution in [0, 0.1) is 23.2 Å². The fourth-order valence-electron chi connectivity index (χ4n) is 3.66. The second kappa shape index (κ2) is 11.4. The van der Waals surface area contributed by atoms with E-state index in [9.17, 15) is 28.0 Å². The molecule has 192 valence electrons. The minimum atomic E-state index is -4.55. The summed E-state index contributed by atoms with van der Waals surface area (Å²) in [6.07, 6.45) is -4.14. The number of hydrogen-bond donors (Lipinski definition) is 0. The van der Waals surface area contributed by atoms with Gasteiger partial charge >= 0.3 is 6.18 Å². The van der Waals surface area contributed by atoms with E-state index in [-0.39, 0.29) is 27.3 Å². The third-order valence-electron chi connectivity index (χ3n) is 5.85. The quantitative estimate of drug-likeness (QED) is 0.371. The molecule has 0 aromatic heterocycles. The lowest BCUT2D eigenvalue weighted by atomic mass is 9.95. The van der Waals surface area contributed by atoms with Crippen LogP contribution < -0.4 is 9.47 Å². The van der Waals surface area contributed by atoms with E-state index in [0.717, 1.165) is 31.0 Å². The average Bonchev–Trinajstić information content (AvgIpc) is 2.82. The van der Waals surface area contributed by atoms with Crippen molar-refractivity contribution >= 4 is 34.9 Å². The number of benzene rings is 2. The normalized spacial score (nSPS) is 16.1. The van der Waals surface area contributed by atoms with Crippen LogP contribution in [0.3, 0.4) is 0 Å². The second-order valence-corrected chi connectivity index (χ2v) is 9.38. The molecule has 0 bridgehead atoms. The van der Waals surface area contributed by atoms with Gasteiger partial charge in [0.05, 0.1) is 21.7 Å². The first-order valence-corrected chi connectivity index (χ1v) is 11.9. The van der Waals surface area contributed by atoms with Crippen LogP contribution in [0.2, 0.25) is 10.0 Å². The zero-order chi connectivity index (χ0) is 26.6. The molecule has 36 heavy (non-hydrogen) atoms. The first-order valence-electron chi connectivity index (χ1n) is 11.1. The Morgan fingerprint density at radius 3 is 2.33 bits per heavy atom. The Bertz CT molecular complexity index is 1170. The number of halogens is 5. The highest BCUT2D eigenvalue weighted by Gasteiger charge is 2.36. The van der Waals surface area contributed by atoms with Crippen molar-refractivity contribution in [1.82, 2.24) is 4.90 Å². The molecule has 2 aromatic rings. The van der Waals surface area contributed by atoms with Gasteiger partial charge in [-0.1, -0.05) is 30.1 Å². The molecular weight excluding hydrogens is 520 g/mol. The van der Waals surface area contributed by atoms with Gasteiger partial charge in [-0.3, -0.25) is 9.59 Å². The summed E-state index contributed by atoms with van der Waals surface area (Å²) in [5.74, 6) is -2.19. The van der Waals surface area contributed by atoms with E-state index >= 15 is 0 Å². The number of carbonyl (C=O) groups excluding carboxylic acids is 2. The highest BCUT2D eigenvalue weighted by Crippen LogP contribution is 2.38. The maximum atomic E-state index is 12.9. The van der Waals surface area contributed by atoms with Crippen molar-refractivity contribution in [3.05, 3.63) is 52.0 Å². The number of hydrogen-bond acceptors (Lipinski definition) is 5. The average molecular weight is 543 g/mol. The number of amides is 1. The molecule has 1 aliphatic heterocycles. The monoisotopic (exact) mass is 542 g/mol. The molecule has 1 saturated heterocycles. The highest BCUT2D eigenvalue weighted by atomic mass is 35.5. The maximum Gasteiger partial charge on any atom is 0.416 e. The SMILES string of the molecule is CC1CCN(C(=O)C(C#N)C(=O)C(C)Oc2cc(Oc3ccc(C(F)(F)F)cc3Cl)ccc2Cl)CC1. The van der Waals surface area contributed by atoms with Crippen molar-refractivity contribution in [3.63, 3.8) is 0 Å². The van der Waals surface area contributed by atoms with Crippen molar-refractivity contribution in [2.24, 2.45) is 11.8 Å². The standard InChI is InChI=1S/C25H23Cl2F3N2O4/c1-14-7-9-32(10-8-14)24(34)18(13-31)23(33)15(2)35-22-12-17(4-5-19(22)26)36-21-6-3-16(11-20(21)27)25(28,29)30/h3-6,11-12,14-15,18H,7-10H2,1-2H3. The number of ether oxygens (including phenoxy) is 2. The van der Waals surface area contributed by atoms with Gasteiger partial charge < -0.3 is 14.4 Å². The van der Waals surface area contributed by atoms with Crippen LogP contribution >= 0.6 is 23.2 Å². The lowest BCUT2D eigenvalue weighted by molar-refractivity contribution is -0.142. The van der Waals surface area contributed by atoms with Crippen LogP contribution in [0.5, 0.6) is 17.2 Å². The van der Waals surface area contributed by atoms with E-state index < -0.39 is 35.5 Å². The van der Waals surface area contributed by atoms with Gasteiger partial charge in [-0.05, 0) is 56.0 Å². The predicted octanol–water partition coefficient (Wildman–Crippen LogP) is 6.54. The van der Waals surface area contributed by atoms with Crippen molar-refractivity contribution < 1.29 is 32.2 Å². The number of ketones is 1. The van der Waals surface area contributed by atoms with Gasteiger partial charge in [0.2, 0.25) is 5.91 Å². The van der Waals surface area contributed by atoms with Crippen LogP contribution in [-0.4, -0.2) is 35.8 Å². The lowest BCUT2D eigenvalue weighted by Crippen LogP contribution is -2.45. The minimum absolute atomic E-state index is 0.0222. The molecule has 0 saturated carbocycles. The van der Waals surface area contributed by atoms with Gasteiger partial charge in [-0.25, -0.2) is 0 Å². The third-order valence-corrected chi connectivity index (χ3v) is 6.46. The number of likely N-dealkylation sites (tertiary alicyclic amines) is 1. The van der Waals surface area contributed by atoms with E-state index in [4.69, 9.17) is 32.7 Å². The number of Topliss-reactive ketones (excluding diaryl/α,β-unsaturated/α-hetero) is 1. The van der Waals surface area contributed by atoms with Gasteiger partial charge in [0, 0.05) is 19.2 Å². The molecule has 2 unspecified atom stereocenters. The van der Waals surface area contributed by atoms with Crippen molar-refractivity contribution in [2.45, 2.75) is 39.0 Å². The summed E-state index contributed by atoms with van der Waals surface area (Å²) in [6, 6.07) is 8.61. The molecule has 3 rings (SSSR count). The van der Waals surface area contributed by atoms with E-state index in [1.807, 2.05) is 0 Å². The number of piperidine rings is 1. The molecule has 1 aliphatic rings. The van der Waals surface area contributed by atoms with Gasteiger partial charge in [0.15, 0.2) is 17.8 Å². The molecule has 2 aromatic carbocycles. The van der Waals surface area contributed by atoms with Crippen LogP contribution in [-0.2, 0) is 15.8 Å². The molecule has 1 fully saturated rings. The molecule has 2 atom stereocenters. The minimum Gasteiger partial charge on any atom is -0.481 e. The Balaban J connectivity index is 1.72. The fourth-order valence-corrected chi connectivity index (χ4v) is 4.04. The number of rotatable bonds is 7. The first-order chi connectivity index (χ1) is 16.9. The van der Waals surface area contributed by atoms with Crippen molar-refractivity contribution in [1.29, 1.82) is 5.26 Å². The Labute approximate surface area is 216 Å². The molecule has 0 spiro atoms. The summed E-state index contributed by atoms with van der Waals surface area (Å²) in [5.41, 5.74) is -0.923. The molecule has 0 aliphatic carbocycles. The summed E-state index contributed by atoms with van der Waals surface area (Å²) in [7, 11) is 0. The van der Waals surface area contributed by atoms with Gasteiger partial charge in [0.1, 0.15) is 17.2 Å². The predicted molar refractivity (Wildman–Crippen MR) is 127 cm³/mol. The Morgan fingerprint density at radius 1 is 1.08 bits per heavy atom. The second-order valence-electron chi connectivity index (χ2n) is 8.57. The van der Waals surface area contributed by atoms with E-state index in [2.05, 4.69) is 6.92 Å². The molecule has 0 N–H and O–H groups in total. The summed E-state index contributed by atoms with van der Waals surface area (Å²) >= 11 is 12.1. The fraction of sp³-hybridized carbons (Fsp3) is 0.400. The van der Waals surface area contributed by atoms with Gasteiger partial charge in [-0.15, -0.1) is 0 Å². The topological polar surface area (TPSA) is 79.6 Å². The number of nitrogens with zero attached hydrogens (tertiary/aromatic N) is 2. The smallest absolute Gasteiger partial charge is 0.416 e. The lowest BCUT2D eigenvalue weighted by Gasteiger charge is -2.31. The first kappa shape index (κ1) is 27.6. The number of carbonyl (C=O) groups is 2. The Morgan fingerprint density at radius 2 is 1.75 bits per heavy atom. The molecule has 6 nitrogen and oxygen atoms in total. The zero-order valence-electron chi connectivity index (χ0n) is 19.4. The number of alkyl halides is 3. The summed E-state index contributed by atoms with van der Waals surface area (Å²) < 4.78 is 49.8. The van der Waals surface area contributed by atoms with Crippen LogP contribution in [0.4, 0.5) is 13.2 Å². The summed E-state index contributed by atoms with van der Waals surface area (Å²) in [4.78, 5) is 27.2.